The molecule has 0 radical (unpaired) electrons. The molecule has 1 N–H and O–H groups in total. The molecule has 0 aliphatic heterocycles. The number of carbonyl (C=O) groups excluding carboxylic acids is 1. The molecule has 1 aromatic rings. The molecule has 0 aliphatic rings. The molecule has 0 saturated heterocycles. The molecule has 1 amide bonds. The van der Waals surface area contributed by atoms with E-state index in [4.69, 9.17) is 4.74 Å². The molecule has 0 fully saturated rings. The van der Waals surface area contributed by atoms with Crippen LogP contribution in [0.1, 0.15) is 20.3 Å². The number of methoxy groups -OCH3 is 1. The molecule has 1 aromatic carbocycles. The minimum atomic E-state index is 0.0835. The van der Waals surface area contributed by atoms with E-state index in [1.165, 1.54) is 11.8 Å². The molecule has 0 spiro atoms. The predicted molar refractivity (Wildman–Crippen MR) is 71.6 cm³/mol. The van der Waals surface area contributed by atoms with Crippen molar-refractivity contribution in [1.29, 1.82) is 0 Å². The summed E-state index contributed by atoms with van der Waals surface area (Å²) in [5, 5.41) is 2.94. The molecule has 0 unspecified atom stereocenters. The van der Waals surface area contributed by atoms with E-state index in [-0.39, 0.29) is 11.9 Å². The van der Waals surface area contributed by atoms with E-state index in [0.29, 0.717) is 5.75 Å². The van der Waals surface area contributed by atoms with Gasteiger partial charge in [0.2, 0.25) is 5.91 Å². The standard InChI is InChI=1S/C13H19NO2S/c1-4-10(2)14-13(15)9-17-12-7-5-11(16-3)6-8-12/h5-8,10H,4,9H2,1-3H3,(H,14,15)/t10-/m1/s1. The van der Waals surface area contributed by atoms with Crippen LogP contribution in [0.3, 0.4) is 0 Å². The first-order valence-corrected chi connectivity index (χ1v) is 6.70. The number of hydrogen-bond acceptors (Lipinski definition) is 3. The van der Waals surface area contributed by atoms with Gasteiger partial charge in [0.05, 0.1) is 12.9 Å². The molecular formula is C13H19NO2S. The smallest absolute Gasteiger partial charge is 0.230 e. The van der Waals surface area contributed by atoms with Gasteiger partial charge in [-0.25, -0.2) is 0 Å². The number of amides is 1. The van der Waals surface area contributed by atoms with Crippen LogP contribution < -0.4 is 10.1 Å². The van der Waals surface area contributed by atoms with Gasteiger partial charge in [-0.2, -0.15) is 0 Å². The van der Waals surface area contributed by atoms with Gasteiger partial charge in [0, 0.05) is 10.9 Å². The fourth-order valence-electron chi connectivity index (χ4n) is 1.24. The van der Waals surface area contributed by atoms with E-state index in [1.54, 1.807) is 7.11 Å². The van der Waals surface area contributed by atoms with Crippen molar-refractivity contribution in [2.45, 2.75) is 31.2 Å². The van der Waals surface area contributed by atoms with Gasteiger partial charge in [-0.05, 0) is 37.6 Å². The van der Waals surface area contributed by atoms with E-state index in [2.05, 4.69) is 12.2 Å². The molecule has 94 valence electrons. The van der Waals surface area contributed by atoms with Gasteiger partial charge in [-0.1, -0.05) is 6.92 Å². The van der Waals surface area contributed by atoms with Crippen molar-refractivity contribution in [1.82, 2.24) is 5.32 Å². The SMILES string of the molecule is CC[C@@H](C)NC(=O)CSc1ccc(OC)cc1. The number of nitrogens with one attached hydrogen (secondary N) is 1. The van der Waals surface area contributed by atoms with E-state index >= 15 is 0 Å². The third kappa shape index (κ3) is 5.13. The highest BCUT2D eigenvalue weighted by Crippen LogP contribution is 2.20. The Balaban J connectivity index is 2.36. The predicted octanol–water partition coefficient (Wildman–Crippen LogP) is 2.70. The second kappa shape index (κ2) is 7.22. The first-order chi connectivity index (χ1) is 8.15. The van der Waals surface area contributed by atoms with Crippen molar-refractivity contribution in [3.05, 3.63) is 24.3 Å². The molecule has 1 atom stereocenters. The third-order valence-electron chi connectivity index (χ3n) is 2.45. The maximum absolute atomic E-state index is 11.6. The molecular weight excluding hydrogens is 234 g/mol. The Bertz CT molecular complexity index is 351. The monoisotopic (exact) mass is 253 g/mol. The highest BCUT2D eigenvalue weighted by atomic mass is 32.2. The van der Waals surface area contributed by atoms with Crippen LogP contribution >= 0.6 is 11.8 Å². The normalized spacial score (nSPS) is 11.9. The fraction of sp³-hybridized carbons (Fsp3) is 0.462. The molecule has 1 rings (SSSR count). The van der Waals surface area contributed by atoms with Crippen LogP contribution in [0.4, 0.5) is 0 Å². The Morgan fingerprint density at radius 3 is 2.59 bits per heavy atom. The Morgan fingerprint density at radius 1 is 1.41 bits per heavy atom. The van der Waals surface area contributed by atoms with Crippen LogP contribution in [0.25, 0.3) is 0 Å². The molecule has 0 bridgehead atoms. The third-order valence-corrected chi connectivity index (χ3v) is 3.46. The van der Waals surface area contributed by atoms with Crippen LogP contribution in [0.15, 0.2) is 29.2 Å². The van der Waals surface area contributed by atoms with Crippen molar-refractivity contribution in [3.63, 3.8) is 0 Å². The molecule has 0 aromatic heterocycles. The van der Waals surface area contributed by atoms with Gasteiger partial charge in [-0.3, -0.25) is 4.79 Å². The second-order valence-electron chi connectivity index (χ2n) is 3.84. The van der Waals surface area contributed by atoms with Crippen LogP contribution in [-0.2, 0) is 4.79 Å². The van der Waals surface area contributed by atoms with E-state index in [0.717, 1.165) is 17.1 Å². The average Bonchev–Trinajstić information content (AvgIpc) is 2.36. The van der Waals surface area contributed by atoms with Crippen molar-refractivity contribution in [2.75, 3.05) is 12.9 Å². The summed E-state index contributed by atoms with van der Waals surface area (Å²) in [7, 11) is 1.64. The van der Waals surface area contributed by atoms with Gasteiger partial charge in [-0.15, -0.1) is 11.8 Å². The van der Waals surface area contributed by atoms with Crippen molar-refractivity contribution >= 4 is 17.7 Å². The summed E-state index contributed by atoms with van der Waals surface area (Å²) in [6.07, 6.45) is 0.957. The zero-order valence-corrected chi connectivity index (χ0v) is 11.3. The zero-order valence-electron chi connectivity index (χ0n) is 10.5. The Morgan fingerprint density at radius 2 is 2.06 bits per heavy atom. The van der Waals surface area contributed by atoms with Gasteiger partial charge in [0.15, 0.2) is 0 Å². The fourth-order valence-corrected chi connectivity index (χ4v) is 1.95. The van der Waals surface area contributed by atoms with Crippen LogP contribution in [-0.4, -0.2) is 24.8 Å². The number of benzene rings is 1. The van der Waals surface area contributed by atoms with Crippen molar-refractivity contribution < 1.29 is 9.53 Å². The number of rotatable bonds is 6. The molecule has 17 heavy (non-hydrogen) atoms. The van der Waals surface area contributed by atoms with Gasteiger partial charge in [0.25, 0.3) is 0 Å². The summed E-state index contributed by atoms with van der Waals surface area (Å²) < 4.78 is 5.07. The maximum atomic E-state index is 11.6. The molecule has 0 aliphatic carbocycles. The number of ether oxygens (including phenoxy) is 1. The summed E-state index contributed by atoms with van der Waals surface area (Å²) >= 11 is 1.53. The van der Waals surface area contributed by atoms with E-state index < -0.39 is 0 Å². The minimum Gasteiger partial charge on any atom is -0.497 e. The Labute approximate surface area is 107 Å². The lowest BCUT2D eigenvalue weighted by Gasteiger charge is -2.10. The minimum absolute atomic E-state index is 0.0835. The summed E-state index contributed by atoms with van der Waals surface area (Å²) in [5.41, 5.74) is 0. The van der Waals surface area contributed by atoms with Crippen LogP contribution in [0.2, 0.25) is 0 Å². The molecule has 0 saturated carbocycles. The Hall–Kier alpha value is -1.16. The molecule has 4 heteroatoms. The molecule has 0 heterocycles. The van der Waals surface area contributed by atoms with Crippen molar-refractivity contribution in [2.24, 2.45) is 0 Å². The topological polar surface area (TPSA) is 38.3 Å². The zero-order chi connectivity index (χ0) is 12.7. The lowest BCUT2D eigenvalue weighted by molar-refractivity contribution is -0.119. The van der Waals surface area contributed by atoms with Crippen molar-refractivity contribution in [3.8, 4) is 5.75 Å². The first kappa shape index (κ1) is 13.9. The Kier molecular flexibility index (Phi) is 5.91. The highest BCUT2D eigenvalue weighted by Gasteiger charge is 2.05. The summed E-state index contributed by atoms with van der Waals surface area (Å²) in [6, 6.07) is 7.96. The van der Waals surface area contributed by atoms with Gasteiger partial charge < -0.3 is 10.1 Å². The quantitative estimate of drug-likeness (QED) is 0.792. The number of carbonyl (C=O) groups is 1. The van der Waals surface area contributed by atoms with E-state index in [1.807, 2.05) is 31.2 Å². The number of thioether (sulfide) groups is 1. The second-order valence-corrected chi connectivity index (χ2v) is 4.89. The largest absolute Gasteiger partial charge is 0.497 e. The first-order valence-electron chi connectivity index (χ1n) is 5.72. The lowest BCUT2D eigenvalue weighted by Crippen LogP contribution is -2.33. The number of hydrogen-bond donors (Lipinski definition) is 1. The van der Waals surface area contributed by atoms with E-state index in [9.17, 15) is 4.79 Å². The lowest BCUT2D eigenvalue weighted by atomic mass is 10.3. The van der Waals surface area contributed by atoms with Crippen LogP contribution in [0.5, 0.6) is 5.75 Å². The van der Waals surface area contributed by atoms with Gasteiger partial charge >= 0.3 is 0 Å². The summed E-state index contributed by atoms with van der Waals surface area (Å²) in [4.78, 5) is 12.6. The average molecular weight is 253 g/mol. The highest BCUT2D eigenvalue weighted by molar-refractivity contribution is 8.00. The van der Waals surface area contributed by atoms with Gasteiger partial charge in [0.1, 0.15) is 5.75 Å². The maximum Gasteiger partial charge on any atom is 0.230 e. The molecule has 3 nitrogen and oxygen atoms in total. The van der Waals surface area contributed by atoms with Crippen LogP contribution in [0, 0.1) is 0 Å². The summed E-state index contributed by atoms with van der Waals surface area (Å²) in [6.45, 7) is 4.07. The summed E-state index contributed by atoms with van der Waals surface area (Å²) in [5.74, 6) is 1.37.